The number of sulfone groups is 1. The molecule has 212 valence electrons. The number of fused-ring (bicyclic) bond motifs is 2. The number of halogens is 1. The fourth-order valence-corrected chi connectivity index (χ4v) is 6.68. The van der Waals surface area contributed by atoms with Gasteiger partial charge in [0.2, 0.25) is 9.84 Å². The van der Waals surface area contributed by atoms with Crippen molar-refractivity contribution in [3.05, 3.63) is 88.9 Å². The van der Waals surface area contributed by atoms with Crippen LogP contribution in [0.5, 0.6) is 0 Å². The van der Waals surface area contributed by atoms with Crippen molar-refractivity contribution in [2.75, 3.05) is 5.32 Å². The van der Waals surface area contributed by atoms with E-state index in [4.69, 9.17) is 21.6 Å². The lowest BCUT2D eigenvalue weighted by atomic mass is 9.99. The van der Waals surface area contributed by atoms with E-state index in [1.54, 1.807) is 48.5 Å². The first kappa shape index (κ1) is 28.8. The van der Waals surface area contributed by atoms with Gasteiger partial charge in [0, 0.05) is 17.1 Å². The highest BCUT2D eigenvalue weighted by Gasteiger charge is 2.33. The normalized spacial score (nSPS) is 12.6. The number of amides is 1. The molecule has 0 aliphatic rings. The number of carbonyl (C=O) groups excluding carboxylic acids is 1. The average Bonchev–Trinajstić information content (AvgIpc) is 3.26. The Bertz CT molecular complexity index is 1810. The van der Waals surface area contributed by atoms with Crippen LogP contribution >= 0.6 is 11.6 Å². The van der Waals surface area contributed by atoms with Crippen LogP contribution in [-0.4, -0.2) is 28.9 Å². The van der Waals surface area contributed by atoms with Gasteiger partial charge in [-0.3, -0.25) is 4.79 Å². The van der Waals surface area contributed by atoms with E-state index in [0.717, 1.165) is 31.2 Å². The summed E-state index contributed by atoms with van der Waals surface area (Å²) >= 11 is 6.05. The third kappa shape index (κ3) is 5.85. The van der Waals surface area contributed by atoms with E-state index in [1.165, 1.54) is 0 Å². The topological polar surface area (TPSA) is 94.0 Å². The molecule has 0 fully saturated rings. The number of aryl methyl sites for hydroxylation is 1. The molecule has 5 aromatic rings. The van der Waals surface area contributed by atoms with Gasteiger partial charge in [-0.25, -0.2) is 18.4 Å². The predicted octanol–water partition coefficient (Wildman–Crippen LogP) is 7.85. The summed E-state index contributed by atoms with van der Waals surface area (Å²) < 4.78 is 30.6. The Morgan fingerprint density at radius 2 is 1.61 bits per heavy atom. The second-order valence-corrected chi connectivity index (χ2v) is 12.7. The molecule has 9 heteroatoms. The minimum atomic E-state index is -4.11. The molecule has 7 nitrogen and oxygen atoms in total. The highest BCUT2D eigenvalue weighted by Crippen LogP contribution is 2.38. The maximum Gasteiger partial charge on any atom is 0.256 e. The van der Waals surface area contributed by atoms with Crippen LogP contribution in [0.1, 0.15) is 55.5 Å². The van der Waals surface area contributed by atoms with Gasteiger partial charge in [0.15, 0.2) is 5.65 Å². The molecule has 1 amide bonds. The molecule has 41 heavy (non-hydrogen) atoms. The molecule has 1 N–H and O–H groups in total. The monoisotopic (exact) mass is 588 g/mol. The zero-order valence-corrected chi connectivity index (χ0v) is 25.0. The first-order valence-corrected chi connectivity index (χ1v) is 15.8. The number of aromatic nitrogens is 3. The number of nitrogens with one attached hydrogen (secondary N) is 1. The molecule has 3 aromatic carbocycles. The van der Waals surface area contributed by atoms with Gasteiger partial charge in [-0.1, -0.05) is 74.5 Å². The van der Waals surface area contributed by atoms with Crippen LogP contribution in [0.4, 0.5) is 5.82 Å². The average molecular weight is 589 g/mol. The summed E-state index contributed by atoms with van der Waals surface area (Å²) in [5.41, 5.74) is 3.18. The Balaban J connectivity index is 1.80. The minimum absolute atomic E-state index is 0.0535. The van der Waals surface area contributed by atoms with Crippen LogP contribution < -0.4 is 5.32 Å². The quantitative estimate of drug-likeness (QED) is 0.179. The standard InChI is InChI=1S/C32H33ClN4O3S/c1-4-6-9-22(5-2)20-37-30-28(34-26-10-7-8-11-27(26)35-30)29(41(39,40)25-18-12-21(3)13-19-25)31(37)36-32(38)23-14-16-24(33)17-15-23/h7-8,10-19,22H,4-6,9,20H2,1-3H3,(H,36,38)/t22-/m1/s1. The van der Waals surface area contributed by atoms with Gasteiger partial charge in [0.05, 0.1) is 15.9 Å². The summed E-state index contributed by atoms with van der Waals surface area (Å²) in [7, 11) is -4.11. The summed E-state index contributed by atoms with van der Waals surface area (Å²) in [6, 6.07) is 20.6. The lowest BCUT2D eigenvalue weighted by molar-refractivity contribution is 0.102. The highest BCUT2D eigenvalue weighted by molar-refractivity contribution is 7.92. The Kier molecular flexibility index (Phi) is 8.42. The lowest BCUT2D eigenvalue weighted by Crippen LogP contribution is -2.20. The Morgan fingerprint density at radius 3 is 2.24 bits per heavy atom. The largest absolute Gasteiger partial charge is 0.309 e. The first-order chi connectivity index (χ1) is 19.7. The molecule has 0 saturated carbocycles. The summed E-state index contributed by atoms with van der Waals surface area (Å²) in [6.45, 7) is 6.67. The highest BCUT2D eigenvalue weighted by atomic mass is 35.5. The molecule has 0 bridgehead atoms. The molecule has 0 unspecified atom stereocenters. The van der Waals surface area contributed by atoms with Crippen molar-refractivity contribution in [3.8, 4) is 0 Å². The SMILES string of the molecule is CCCC[C@@H](CC)Cn1c(NC(=O)c2ccc(Cl)cc2)c(S(=O)(=O)c2ccc(C)cc2)c2nc3ccccc3nc21. The number of benzene rings is 3. The van der Waals surface area contributed by atoms with Crippen molar-refractivity contribution in [2.24, 2.45) is 5.92 Å². The van der Waals surface area contributed by atoms with Crippen LogP contribution in [0.25, 0.3) is 22.2 Å². The Labute approximate surface area is 245 Å². The second kappa shape index (κ2) is 12.0. The van der Waals surface area contributed by atoms with E-state index in [1.807, 2.05) is 35.8 Å². The van der Waals surface area contributed by atoms with E-state index in [-0.39, 0.29) is 27.0 Å². The van der Waals surface area contributed by atoms with Crippen molar-refractivity contribution in [3.63, 3.8) is 0 Å². The molecule has 0 radical (unpaired) electrons. The second-order valence-electron chi connectivity index (χ2n) is 10.4. The first-order valence-electron chi connectivity index (χ1n) is 13.9. The zero-order chi connectivity index (χ0) is 29.1. The van der Waals surface area contributed by atoms with Crippen molar-refractivity contribution in [1.29, 1.82) is 0 Å². The predicted molar refractivity (Wildman–Crippen MR) is 164 cm³/mol. The fourth-order valence-electron chi connectivity index (χ4n) is 5.02. The molecule has 1 atom stereocenters. The van der Waals surface area contributed by atoms with E-state index < -0.39 is 15.7 Å². The number of hydrogen-bond acceptors (Lipinski definition) is 5. The number of hydrogen-bond donors (Lipinski definition) is 1. The van der Waals surface area contributed by atoms with Crippen molar-refractivity contribution < 1.29 is 13.2 Å². The van der Waals surface area contributed by atoms with Gasteiger partial charge in [-0.15, -0.1) is 0 Å². The number of rotatable bonds is 10. The van der Waals surface area contributed by atoms with Gasteiger partial charge in [-0.05, 0) is 67.8 Å². The zero-order valence-electron chi connectivity index (χ0n) is 23.4. The van der Waals surface area contributed by atoms with Crippen LogP contribution in [0, 0.1) is 12.8 Å². The molecule has 2 aromatic heterocycles. The molecular weight excluding hydrogens is 556 g/mol. The van der Waals surface area contributed by atoms with E-state index in [0.29, 0.717) is 33.8 Å². The maximum absolute atomic E-state index is 14.4. The van der Waals surface area contributed by atoms with Gasteiger partial charge in [0.1, 0.15) is 16.2 Å². The third-order valence-corrected chi connectivity index (χ3v) is 9.50. The number of carbonyl (C=O) groups is 1. The molecule has 0 spiro atoms. The van der Waals surface area contributed by atoms with Crippen LogP contribution in [-0.2, 0) is 16.4 Å². The van der Waals surface area contributed by atoms with Gasteiger partial charge in [0.25, 0.3) is 5.91 Å². The maximum atomic E-state index is 14.4. The molecule has 0 aliphatic carbocycles. The Hall–Kier alpha value is -3.75. The van der Waals surface area contributed by atoms with E-state index >= 15 is 0 Å². The van der Waals surface area contributed by atoms with Crippen LogP contribution in [0.15, 0.2) is 82.6 Å². The van der Waals surface area contributed by atoms with Gasteiger partial charge >= 0.3 is 0 Å². The summed E-state index contributed by atoms with van der Waals surface area (Å²) in [6.07, 6.45) is 3.97. The fraction of sp³-hybridized carbons (Fsp3) is 0.281. The number of anilines is 1. The minimum Gasteiger partial charge on any atom is -0.309 e. The smallest absolute Gasteiger partial charge is 0.256 e. The van der Waals surface area contributed by atoms with Crippen molar-refractivity contribution in [1.82, 2.24) is 14.5 Å². The summed E-state index contributed by atoms with van der Waals surface area (Å²) in [5, 5.41) is 3.45. The molecular formula is C32H33ClN4O3S. The van der Waals surface area contributed by atoms with E-state index in [2.05, 4.69) is 19.2 Å². The van der Waals surface area contributed by atoms with Gasteiger partial charge in [-0.2, -0.15) is 0 Å². The molecule has 2 heterocycles. The summed E-state index contributed by atoms with van der Waals surface area (Å²) in [4.78, 5) is 23.4. The number of nitrogens with zero attached hydrogens (tertiary/aromatic N) is 3. The van der Waals surface area contributed by atoms with Crippen LogP contribution in [0.2, 0.25) is 5.02 Å². The van der Waals surface area contributed by atoms with Crippen LogP contribution in [0.3, 0.4) is 0 Å². The van der Waals surface area contributed by atoms with Gasteiger partial charge < -0.3 is 9.88 Å². The number of para-hydroxylation sites is 2. The third-order valence-electron chi connectivity index (χ3n) is 7.43. The Morgan fingerprint density at radius 1 is 0.951 bits per heavy atom. The molecule has 0 aliphatic heterocycles. The molecule has 0 saturated heterocycles. The van der Waals surface area contributed by atoms with Crippen molar-refractivity contribution >= 4 is 55.4 Å². The lowest BCUT2D eigenvalue weighted by Gasteiger charge is -2.19. The van der Waals surface area contributed by atoms with E-state index in [9.17, 15) is 13.2 Å². The van der Waals surface area contributed by atoms with Crippen molar-refractivity contribution in [2.45, 2.75) is 62.8 Å². The molecule has 5 rings (SSSR count). The summed E-state index contributed by atoms with van der Waals surface area (Å²) in [5.74, 6) is -0.0250. The number of unbranched alkanes of at least 4 members (excludes halogenated alkanes) is 1.